The zero-order chi connectivity index (χ0) is 12.1. The van der Waals surface area contributed by atoms with Gasteiger partial charge in [-0.05, 0) is 78.3 Å². The smallest absolute Gasteiger partial charge is 0.00797 e. The maximum Gasteiger partial charge on any atom is 0.00797 e. The molecular weight excluding hydrogens is 210 g/mol. The van der Waals surface area contributed by atoms with E-state index >= 15 is 0 Å². The van der Waals surface area contributed by atoms with Gasteiger partial charge in [0.2, 0.25) is 0 Å². The van der Waals surface area contributed by atoms with Crippen LogP contribution in [0.15, 0.2) is 0 Å². The number of hydrogen-bond acceptors (Lipinski definition) is 3. The summed E-state index contributed by atoms with van der Waals surface area (Å²) in [5, 5.41) is 3.60. The van der Waals surface area contributed by atoms with Gasteiger partial charge >= 0.3 is 0 Å². The van der Waals surface area contributed by atoms with Crippen LogP contribution in [0, 0.1) is 5.92 Å². The van der Waals surface area contributed by atoms with Crippen LogP contribution in [0.5, 0.6) is 0 Å². The van der Waals surface area contributed by atoms with Gasteiger partial charge in [-0.1, -0.05) is 0 Å². The van der Waals surface area contributed by atoms with Crippen LogP contribution in [-0.2, 0) is 0 Å². The minimum Gasteiger partial charge on any atom is -0.314 e. The van der Waals surface area contributed by atoms with E-state index in [-0.39, 0.29) is 0 Å². The molecule has 0 aromatic heterocycles. The molecule has 3 heteroatoms. The van der Waals surface area contributed by atoms with E-state index < -0.39 is 0 Å². The molecule has 2 rings (SSSR count). The molecule has 17 heavy (non-hydrogen) atoms. The molecule has 0 amide bonds. The molecule has 0 saturated carbocycles. The maximum atomic E-state index is 3.60. The molecule has 0 spiro atoms. The highest BCUT2D eigenvalue weighted by molar-refractivity contribution is 4.78. The molecule has 2 fully saturated rings. The maximum absolute atomic E-state index is 3.60. The topological polar surface area (TPSA) is 18.5 Å². The minimum atomic E-state index is 0.814. The highest BCUT2D eigenvalue weighted by Crippen LogP contribution is 2.18. The Morgan fingerprint density at radius 1 is 1.18 bits per heavy atom. The van der Waals surface area contributed by atoms with Gasteiger partial charge in [-0.3, -0.25) is 0 Å². The van der Waals surface area contributed by atoms with Crippen LogP contribution >= 0.6 is 0 Å². The Kier molecular flexibility index (Phi) is 5.26. The summed E-state index contributed by atoms with van der Waals surface area (Å²) >= 11 is 0. The zero-order valence-corrected chi connectivity index (χ0v) is 11.6. The van der Waals surface area contributed by atoms with E-state index in [4.69, 9.17) is 0 Å². The monoisotopic (exact) mass is 239 g/mol. The Balaban J connectivity index is 1.58. The third-order valence-electron chi connectivity index (χ3n) is 4.29. The first kappa shape index (κ1) is 13.3. The van der Waals surface area contributed by atoms with Crippen molar-refractivity contribution in [2.45, 2.75) is 38.1 Å². The fraction of sp³-hybridized carbons (Fsp3) is 1.00. The summed E-state index contributed by atoms with van der Waals surface area (Å²) in [6.07, 6.45) is 6.94. The average Bonchev–Trinajstić information content (AvgIpc) is 2.80. The summed E-state index contributed by atoms with van der Waals surface area (Å²) in [4.78, 5) is 5.01. The second-order valence-corrected chi connectivity index (χ2v) is 6.13. The second-order valence-electron chi connectivity index (χ2n) is 6.13. The molecule has 3 nitrogen and oxygen atoms in total. The van der Waals surface area contributed by atoms with Crippen LogP contribution < -0.4 is 5.32 Å². The Morgan fingerprint density at radius 3 is 2.53 bits per heavy atom. The zero-order valence-electron chi connectivity index (χ0n) is 11.6. The normalized spacial score (nSPS) is 28.1. The van der Waals surface area contributed by atoms with Crippen molar-refractivity contribution in [3.8, 4) is 0 Å². The number of hydrogen-bond donors (Lipinski definition) is 1. The SMILES string of the molecule is CN(C)CC1CCN(CCC2CCCN2)CC1. The quantitative estimate of drug-likeness (QED) is 0.782. The van der Waals surface area contributed by atoms with Gasteiger partial charge < -0.3 is 15.1 Å². The van der Waals surface area contributed by atoms with Crippen LogP contribution in [0.25, 0.3) is 0 Å². The second kappa shape index (κ2) is 6.72. The molecule has 2 aliphatic rings. The van der Waals surface area contributed by atoms with E-state index in [1.54, 1.807) is 0 Å². The number of likely N-dealkylation sites (tertiary alicyclic amines) is 1. The van der Waals surface area contributed by atoms with Crippen molar-refractivity contribution in [3.63, 3.8) is 0 Å². The van der Waals surface area contributed by atoms with Gasteiger partial charge in [-0.2, -0.15) is 0 Å². The third-order valence-corrected chi connectivity index (χ3v) is 4.29. The number of rotatable bonds is 5. The summed E-state index contributed by atoms with van der Waals surface area (Å²) in [7, 11) is 4.39. The average molecular weight is 239 g/mol. The number of piperidine rings is 1. The van der Waals surface area contributed by atoms with Gasteiger partial charge in [0.05, 0.1) is 0 Å². The highest BCUT2D eigenvalue weighted by Gasteiger charge is 2.21. The van der Waals surface area contributed by atoms with Gasteiger partial charge in [0.25, 0.3) is 0 Å². The van der Waals surface area contributed by atoms with Crippen molar-refractivity contribution in [2.75, 3.05) is 46.8 Å². The summed E-state index contributed by atoms with van der Waals surface area (Å²) in [5.74, 6) is 0.936. The van der Waals surface area contributed by atoms with E-state index in [9.17, 15) is 0 Å². The van der Waals surface area contributed by atoms with Crippen molar-refractivity contribution in [2.24, 2.45) is 5.92 Å². The molecular formula is C14H29N3. The van der Waals surface area contributed by atoms with Crippen molar-refractivity contribution in [1.82, 2.24) is 15.1 Å². The predicted octanol–water partition coefficient (Wildman–Crippen LogP) is 1.40. The predicted molar refractivity (Wildman–Crippen MR) is 73.4 cm³/mol. The Hall–Kier alpha value is -0.120. The minimum absolute atomic E-state index is 0.814. The fourth-order valence-corrected chi connectivity index (χ4v) is 3.25. The van der Waals surface area contributed by atoms with Crippen LogP contribution in [0.3, 0.4) is 0 Å². The lowest BCUT2D eigenvalue weighted by molar-refractivity contribution is 0.158. The largest absolute Gasteiger partial charge is 0.314 e. The molecule has 2 saturated heterocycles. The van der Waals surface area contributed by atoms with E-state index in [1.165, 1.54) is 64.8 Å². The fourth-order valence-electron chi connectivity index (χ4n) is 3.25. The van der Waals surface area contributed by atoms with E-state index in [2.05, 4.69) is 29.2 Å². The molecule has 1 N–H and O–H groups in total. The van der Waals surface area contributed by atoms with Gasteiger partial charge in [0, 0.05) is 12.6 Å². The van der Waals surface area contributed by atoms with Crippen molar-refractivity contribution in [1.29, 1.82) is 0 Å². The van der Waals surface area contributed by atoms with Crippen molar-refractivity contribution >= 4 is 0 Å². The van der Waals surface area contributed by atoms with Gasteiger partial charge in [0.1, 0.15) is 0 Å². The van der Waals surface area contributed by atoms with Crippen LogP contribution in [0.4, 0.5) is 0 Å². The van der Waals surface area contributed by atoms with Crippen LogP contribution in [0.1, 0.15) is 32.1 Å². The Labute approximate surface area is 107 Å². The Morgan fingerprint density at radius 2 is 1.94 bits per heavy atom. The molecule has 2 aliphatic heterocycles. The summed E-state index contributed by atoms with van der Waals surface area (Å²) < 4.78 is 0. The molecule has 1 unspecified atom stereocenters. The molecule has 0 aliphatic carbocycles. The van der Waals surface area contributed by atoms with Gasteiger partial charge in [0.15, 0.2) is 0 Å². The van der Waals surface area contributed by atoms with Crippen LogP contribution in [-0.4, -0.2) is 62.7 Å². The number of nitrogens with one attached hydrogen (secondary N) is 1. The van der Waals surface area contributed by atoms with E-state index in [0.717, 1.165) is 12.0 Å². The number of nitrogens with zero attached hydrogens (tertiary/aromatic N) is 2. The first-order valence-electron chi connectivity index (χ1n) is 7.34. The lowest BCUT2D eigenvalue weighted by Crippen LogP contribution is -2.39. The standard InChI is InChI=1S/C14H29N3/c1-16(2)12-13-5-9-17(10-6-13)11-7-14-4-3-8-15-14/h13-15H,3-12H2,1-2H3. The molecule has 1 atom stereocenters. The van der Waals surface area contributed by atoms with Crippen molar-refractivity contribution in [3.05, 3.63) is 0 Å². The summed E-state index contributed by atoms with van der Waals surface area (Å²) in [6.45, 7) is 6.48. The van der Waals surface area contributed by atoms with Crippen molar-refractivity contribution < 1.29 is 0 Å². The lowest BCUT2D eigenvalue weighted by Gasteiger charge is -2.33. The van der Waals surface area contributed by atoms with Crippen LogP contribution in [0.2, 0.25) is 0 Å². The molecule has 0 radical (unpaired) electrons. The highest BCUT2D eigenvalue weighted by atomic mass is 15.1. The lowest BCUT2D eigenvalue weighted by atomic mass is 9.96. The van der Waals surface area contributed by atoms with E-state index in [0.29, 0.717) is 0 Å². The van der Waals surface area contributed by atoms with E-state index in [1.807, 2.05) is 0 Å². The molecule has 2 heterocycles. The molecule has 0 aromatic carbocycles. The van der Waals surface area contributed by atoms with Gasteiger partial charge in [-0.25, -0.2) is 0 Å². The molecule has 100 valence electrons. The third kappa shape index (κ3) is 4.57. The summed E-state index contributed by atoms with van der Waals surface area (Å²) in [6, 6.07) is 0.814. The first-order valence-corrected chi connectivity index (χ1v) is 7.34. The first-order chi connectivity index (χ1) is 8.24. The molecule has 0 aromatic rings. The Bertz CT molecular complexity index is 204. The summed E-state index contributed by atoms with van der Waals surface area (Å²) in [5.41, 5.74) is 0. The van der Waals surface area contributed by atoms with Gasteiger partial charge in [-0.15, -0.1) is 0 Å². The molecule has 0 bridgehead atoms.